The van der Waals surface area contributed by atoms with Gasteiger partial charge in [-0.15, -0.1) is 12.4 Å². The number of nitrogens with two attached hydrogens (primary N) is 1. The molecular weight excluding hydrogens is 280 g/mol. The first kappa shape index (κ1) is 17.7. The van der Waals surface area contributed by atoms with Gasteiger partial charge in [0.15, 0.2) is 0 Å². The second kappa shape index (κ2) is 8.82. The van der Waals surface area contributed by atoms with Crippen LogP contribution in [-0.4, -0.2) is 55.4 Å². The van der Waals surface area contributed by atoms with Gasteiger partial charge >= 0.3 is 0 Å². The smallest absolute Gasteiger partial charge is 0.251 e. The Balaban J connectivity index is 0.00000200. The van der Waals surface area contributed by atoms with E-state index in [1.165, 1.54) is 6.42 Å². The van der Waals surface area contributed by atoms with Gasteiger partial charge in [-0.2, -0.15) is 0 Å². The zero-order valence-electron chi connectivity index (χ0n) is 12.3. The maximum Gasteiger partial charge on any atom is 0.251 e. The standard InChI is InChI=1S/C14H26N2O3.ClH/c1-11(19-10-13-6-2-3-8-18-13)14(17)16-7-4-5-12(16)9-15;/h11-13H,2-10,15H2,1H3;1H. The summed E-state index contributed by atoms with van der Waals surface area (Å²) in [6, 6.07) is 0.199. The molecule has 2 aliphatic heterocycles. The number of rotatable bonds is 5. The van der Waals surface area contributed by atoms with E-state index in [4.69, 9.17) is 15.2 Å². The van der Waals surface area contributed by atoms with Gasteiger partial charge in [0.25, 0.3) is 5.91 Å². The van der Waals surface area contributed by atoms with E-state index >= 15 is 0 Å². The Bertz CT molecular complexity index is 298. The summed E-state index contributed by atoms with van der Waals surface area (Å²) in [5.41, 5.74) is 5.70. The number of halogens is 1. The van der Waals surface area contributed by atoms with E-state index in [2.05, 4.69) is 0 Å². The largest absolute Gasteiger partial charge is 0.376 e. The summed E-state index contributed by atoms with van der Waals surface area (Å²) in [5, 5.41) is 0. The second-order valence-corrected chi connectivity index (χ2v) is 5.53. The summed E-state index contributed by atoms with van der Waals surface area (Å²) in [6.45, 7) is 4.53. The molecular formula is C14H27ClN2O3. The van der Waals surface area contributed by atoms with Crippen LogP contribution < -0.4 is 5.73 Å². The number of hydrogen-bond acceptors (Lipinski definition) is 4. The number of likely N-dealkylation sites (tertiary alicyclic amines) is 1. The lowest BCUT2D eigenvalue weighted by Crippen LogP contribution is -2.45. The molecule has 0 aromatic rings. The Kier molecular flexibility index (Phi) is 7.80. The molecule has 1 amide bonds. The molecule has 118 valence electrons. The Morgan fingerprint density at radius 1 is 1.40 bits per heavy atom. The quantitative estimate of drug-likeness (QED) is 0.832. The van der Waals surface area contributed by atoms with Crippen LogP contribution in [0.15, 0.2) is 0 Å². The highest BCUT2D eigenvalue weighted by molar-refractivity contribution is 5.85. The highest BCUT2D eigenvalue weighted by atomic mass is 35.5. The summed E-state index contributed by atoms with van der Waals surface area (Å²) in [6.07, 6.45) is 5.20. The Labute approximate surface area is 127 Å². The fourth-order valence-corrected chi connectivity index (χ4v) is 2.87. The third-order valence-corrected chi connectivity index (χ3v) is 4.09. The maximum absolute atomic E-state index is 12.3. The van der Waals surface area contributed by atoms with Crippen molar-refractivity contribution in [2.45, 2.75) is 57.3 Å². The number of nitrogens with zero attached hydrogens (tertiary/aromatic N) is 1. The number of carbonyl (C=O) groups is 1. The van der Waals surface area contributed by atoms with Crippen molar-refractivity contribution in [1.29, 1.82) is 0 Å². The minimum atomic E-state index is -0.391. The zero-order chi connectivity index (χ0) is 13.7. The van der Waals surface area contributed by atoms with Crippen LogP contribution in [0.2, 0.25) is 0 Å². The molecule has 2 fully saturated rings. The number of ether oxygens (including phenoxy) is 2. The fraction of sp³-hybridized carbons (Fsp3) is 0.929. The lowest BCUT2D eigenvalue weighted by molar-refractivity contribution is -0.146. The normalized spacial score (nSPS) is 28.0. The van der Waals surface area contributed by atoms with Crippen molar-refractivity contribution >= 4 is 18.3 Å². The van der Waals surface area contributed by atoms with Crippen molar-refractivity contribution in [2.24, 2.45) is 5.73 Å². The minimum absolute atomic E-state index is 0. The van der Waals surface area contributed by atoms with E-state index in [1.807, 2.05) is 11.8 Å². The molecule has 0 aliphatic carbocycles. The maximum atomic E-state index is 12.3. The lowest BCUT2D eigenvalue weighted by Gasteiger charge is -2.28. The Morgan fingerprint density at radius 2 is 2.20 bits per heavy atom. The first-order chi connectivity index (χ1) is 9.22. The summed E-state index contributed by atoms with van der Waals surface area (Å²) in [7, 11) is 0. The molecule has 2 aliphatic rings. The van der Waals surface area contributed by atoms with Crippen molar-refractivity contribution < 1.29 is 14.3 Å². The summed E-state index contributed by atoms with van der Waals surface area (Å²) in [4.78, 5) is 14.2. The first-order valence-corrected chi connectivity index (χ1v) is 7.46. The third-order valence-electron chi connectivity index (χ3n) is 4.09. The first-order valence-electron chi connectivity index (χ1n) is 7.46. The molecule has 2 N–H and O–H groups in total. The SMILES string of the molecule is CC(OCC1CCCCO1)C(=O)N1CCCC1CN.Cl. The van der Waals surface area contributed by atoms with Crippen LogP contribution in [0.5, 0.6) is 0 Å². The van der Waals surface area contributed by atoms with Crippen molar-refractivity contribution in [3.63, 3.8) is 0 Å². The predicted octanol–water partition coefficient (Wildman–Crippen LogP) is 1.33. The van der Waals surface area contributed by atoms with Gasteiger partial charge in [-0.25, -0.2) is 0 Å². The van der Waals surface area contributed by atoms with Crippen LogP contribution in [0.4, 0.5) is 0 Å². The molecule has 6 heteroatoms. The van der Waals surface area contributed by atoms with Crippen molar-refractivity contribution in [3.8, 4) is 0 Å². The van der Waals surface area contributed by atoms with Crippen LogP contribution in [0, 0.1) is 0 Å². The van der Waals surface area contributed by atoms with Gasteiger partial charge < -0.3 is 20.1 Å². The molecule has 0 aromatic carbocycles. The van der Waals surface area contributed by atoms with Crippen LogP contribution in [-0.2, 0) is 14.3 Å². The van der Waals surface area contributed by atoms with Gasteiger partial charge in [-0.3, -0.25) is 4.79 Å². The molecule has 3 unspecified atom stereocenters. The van der Waals surface area contributed by atoms with E-state index < -0.39 is 6.10 Å². The molecule has 5 nitrogen and oxygen atoms in total. The molecule has 3 atom stereocenters. The summed E-state index contributed by atoms with van der Waals surface area (Å²) < 4.78 is 11.3. The molecule has 0 saturated carbocycles. The topological polar surface area (TPSA) is 64.8 Å². The highest BCUT2D eigenvalue weighted by Crippen LogP contribution is 2.19. The van der Waals surface area contributed by atoms with Gasteiger partial charge in [0, 0.05) is 25.7 Å². The van der Waals surface area contributed by atoms with Crippen LogP contribution >= 0.6 is 12.4 Å². The minimum Gasteiger partial charge on any atom is -0.376 e. The Hall–Kier alpha value is -0.360. The van der Waals surface area contributed by atoms with Crippen LogP contribution in [0.3, 0.4) is 0 Å². The van der Waals surface area contributed by atoms with Crippen LogP contribution in [0.25, 0.3) is 0 Å². The van der Waals surface area contributed by atoms with E-state index in [0.29, 0.717) is 13.2 Å². The number of carbonyl (C=O) groups excluding carboxylic acids is 1. The van der Waals surface area contributed by atoms with Crippen molar-refractivity contribution in [2.75, 3.05) is 26.3 Å². The van der Waals surface area contributed by atoms with Gasteiger partial charge in [-0.1, -0.05) is 0 Å². The third kappa shape index (κ3) is 4.58. The van der Waals surface area contributed by atoms with E-state index in [9.17, 15) is 4.79 Å². The van der Waals surface area contributed by atoms with E-state index in [-0.39, 0.29) is 30.5 Å². The van der Waals surface area contributed by atoms with E-state index in [1.54, 1.807) is 0 Å². The molecule has 2 heterocycles. The summed E-state index contributed by atoms with van der Waals surface area (Å²) >= 11 is 0. The zero-order valence-corrected chi connectivity index (χ0v) is 13.1. The Morgan fingerprint density at radius 3 is 2.85 bits per heavy atom. The average molecular weight is 307 g/mol. The van der Waals surface area contributed by atoms with Gasteiger partial charge in [-0.05, 0) is 39.0 Å². The molecule has 2 saturated heterocycles. The van der Waals surface area contributed by atoms with Crippen molar-refractivity contribution in [3.05, 3.63) is 0 Å². The highest BCUT2D eigenvalue weighted by Gasteiger charge is 2.31. The van der Waals surface area contributed by atoms with Crippen molar-refractivity contribution in [1.82, 2.24) is 4.90 Å². The molecule has 2 rings (SSSR count). The monoisotopic (exact) mass is 306 g/mol. The second-order valence-electron chi connectivity index (χ2n) is 5.53. The average Bonchev–Trinajstić information content (AvgIpc) is 2.93. The fourth-order valence-electron chi connectivity index (χ4n) is 2.87. The number of hydrogen-bond donors (Lipinski definition) is 1. The van der Waals surface area contributed by atoms with Gasteiger partial charge in [0.2, 0.25) is 0 Å². The summed E-state index contributed by atoms with van der Waals surface area (Å²) in [5.74, 6) is 0.0729. The molecule has 20 heavy (non-hydrogen) atoms. The van der Waals surface area contributed by atoms with Gasteiger partial charge in [0.05, 0.1) is 12.7 Å². The molecule has 0 bridgehead atoms. The van der Waals surface area contributed by atoms with Crippen LogP contribution in [0.1, 0.15) is 39.0 Å². The molecule has 0 spiro atoms. The number of amides is 1. The lowest BCUT2D eigenvalue weighted by atomic mass is 10.1. The van der Waals surface area contributed by atoms with Gasteiger partial charge in [0.1, 0.15) is 6.10 Å². The molecule has 0 radical (unpaired) electrons. The predicted molar refractivity (Wildman–Crippen MR) is 80.0 cm³/mol. The molecule has 0 aromatic heterocycles. The van der Waals surface area contributed by atoms with E-state index in [0.717, 1.165) is 38.8 Å².